The van der Waals surface area contributed by atoms with Gasteiger partial charge in [-0.3, -0.25) is 0 Å². The highest BCUT2D eigenvalue weighted by molar-refractivity contribution is 5.25. The molecule has 3 heteroatoms. The fourth-order valence-electron chi connectivity index (χ4n) is 1.93. The molecule has 1 aromatic rings. The quantitative estimate of drug-likeness (QED) is 0.820. The van der Waals surface area contributed by atoms with Gasteiger partial charge in [-0.1, -0.05) is 12.1 Å². The van der Waals surface area contributed by atoms with Crippen molar-refractivity contribution in [3.05, 3.63) is 29.8 Å². The summed E-state index contributed by atoms with van der Waals surface area (Å²) in [6, 6.07) is 7.35. The summed E-state index contributed by atoms with van der Waals surface area (Å²) >= 11 is 0. The summed E-state index contributed by atoms with van der Waals surface area (Å²) in [6.07, 6.45) is 2.12. The minimum atomic E-state index is 0.191. The summed E-state index contributed by atoms with van der Waals surface area (Å²) in [6.45, 7) is 4.78. The standard InChI is InChI=1S/C13H19NO2/c1-13(6-8-16-9-7-13)14-10-11-2-4-12(15)5-3-11/h2-5,14-15H,6-10H2,1H3. The van der Waals surface area contributed by atoms with Crippen molar-refractivity contribution >= 4 is 0 Å². The molecule has 0 amide bonds. The third kappa shape index (κ3) is 2.97. The topological polar surface area (TPSA) is 41.5 Å². The van der Waals surface area contributed by atoms with Gasteiger partial charge in [0.15, 0.2) is 0 Å². The molecule has 1 fully saturated rings. The fraction of sp³-hybridized carbons (Fsp3) is 0.538. The zero-order chi connectivity index (χ0) is 11.4. The van der Waals surface area contributed by atoms with Crippen LogP contribution in [0.2, 0.25) is 0 Å². The van der Waals surface area contributed by atoms with Gasteiger partial charge in [0, 0.05) is 25.3 Å². The molecule has 88 valence electrons. The molecule has 0 aromatic heterocycles. The molecule has 1 heterocycles. The van der Waals surface area contributed by atoms with E-state index in [1.807, 2.05) is 12.1 Å². The van der Waals surface area contributed by atoms with Crippen LogP contribution in [-0.2, 0) is 11.3 Å². The lowest BCUT2D eigenvalue weighted by molar-refractivity contribution is 0.0446. The number of aromatic hydroxyl groups is 1. The van der Waals surface area contributed by atoms with Gasteiger partial charge >= 0.3 is 0 Å². The van der Waals surface area contributed by atoms with Crippen LogP contribution >= 0.6 is 0 Å². The van der Waals surface area contributed by atoms with Crippen LogP contribution in [-0.4, -0.2) is 23.9 Å². The Labute approximate surface area is 96.4 Å². The zero-order valence-corrected chi connectivity index (χ0v) is 9.70. The maximum absolute atomic E-state index is 9.19. The van der Waals surface area contributed by atoms with Crippen LogP contribution in [0.1, 0.15) is 25.3 Å². The summed E-state index contributed by atoms with van der Waals surface area (Å²) in [5, 5.41) is 12.8. The molecule has 1 aromatic carbocycles. The molecule has 0 bridgehead atoms. The summed E-state index contributed by atoms with van der Waals surface area (Å²) in [7, 11) is 0. The summed E-state index contributed by atoms with van der Waals surface area (Å²) < 4.78 is 5.36. The first-order chi connectivity index (χ1) is 7.68. The first-order valence-corrected chi connectivity index (χ1v) is 5.79. The molecule has 2 rings (SSSR count). The van der Waals surface area contributed by atoms with Gasteiger partial charge in [-0.15, -0.1) is 0 Å². The number of hydrogen-bond acceptors (Lipinski definition) is 3. The molecule has 1 aliphatic heterocycles. The number of ether oxygens (including phenoxy) is 1. The highest BCUT2D eigenvalue weighted by Crippen LogP contribution is 2.20. The molecule has 3 nitrogen and oxygen atoms in total. The van der Waals surface area contributed by atoms with E-state index in [0.717, 1.165) is 32.6 Å². The van der Waals surface area contributed by atoms with Gasteiger partial charge in [0.25, 0.3) is 0 Å². The van der Waals surface area contributed by atoms with Crippen LogP contribution in [0.4, 0.5) is 0 Å². The Morgan fingerprint density at radius 2 is 1.88 bits per heavy atom. The van der Waals surface area contributed by atoms with Crippen LogP contribution in [0.3, 0.4) is 0 Å². The van der Waals surface area contributed by atoms with Crippen LogP contribution in [0.25, 0.3) is 0 Å². The first kappa shape index (κ1) is 11.4. The van der Waals surface area contributed by atoms with Crippen molar-refractivity contribution in [3.8, 4) is 5.75 Å². The molecule has 1 saturated heterocycles. The SMILES string of the molecule is CC1(NCc2ccc(O)cc2)CCOCC1. The molecule has 0 saturated carbocycles. The predicted octanol–water partition coefficient (Wildman–Crippen LogP) is 2.05. The van der Waals surface area contributed by atoms with Gasteiger partial charge in [0.1, 0.15) is 5.75 Å². The average Bonchev–Trinajstić information content (AvgIpc) is 2.29. The highest BCUT2D eigenvalue weighted by Gasteiger charge is 2.26. The van der Waals surface area contributed by atoms with Gasteiger partial charge in [-0.05, 0) is 37.5 Å². The van der Waals surface area contributed by atoms with Crippen molar-refractivity contribution < 1.29 is 9.84 Å². The van der Waals surface area contributed by atoms with Crippen molar-refractivity contribution in [3.63, 3.8) is 0 Å². The van der Waals surface area contributed by atoms with Crippen molar-refractivity contribution in [2.45, 2.75) is 31.8 Å². The molecule has 0 spiro atoms. The Morgan fingerprint density at radius 3 is 2.50 bits per heavy atom. The minimum Gasteiger partial charge on any atom is -0.508 e. The molecular weight excluding hydrogens is 202 g/mol. The molecule has 2 N–H and O–H groups in total. The Bertz CT molecular complexity index is 328. The van der Waals surface area contributed by atoms with Gasteiger partial charge in [0.2, 0.25) is 0 Å². The van der Waals surface area contributed by atoms with Gasteiger partial charge < -0.3 is 15.2 Å². The number of rotatable bonds is 3. The van der Waals surface area contributed by atoms with Gasteiger partial charge in [-0.2, -0.15) is 0 Å². The smallest absolute Gasteiger partial charge is 0.115 e. The van der Waals surface area contributed by atoms with E-state index in [4.69, 9.17) is 4.74 Å². The third-order valence-corrected chi connectivity index (χ3v) is 3.25. The van der Waals surface area contributed by atoms with Crippen LogP contribution in [0, 0.1) is 0 Å². The first-order valence-electron chi connectivity index (χ1n) is 5.79. The minimum absolute atomic E-state index is 0.191. The van der Waals surface area contributed by atoms with E-state index >= 15 is 0 Å². The van der Waals surface area contributed by atoms with Crippen molar-refractivity contribution in [1.82, 2.24) is 5.32 Å². The van der Waals surface area contributed by atoms with E-state index in [1.54, 1.807) is 12.1 Å². The van der Waals surface area contributed by atoms with Crippen molar-refractivity contribution in [2.75, 3.05) is 13.2 Å². The fourth-order valence-corrected chi connectivity index (χ4v) is 1.93. The normalized spacial score (nSPS) is 19.6. The average molecular weight is 221 g/mol. The monoisotopic (exact) mass is 221 g/mol. The van der Waals surface area contributed by atoms with Gasteiger partial charge in [0.05, 0.1) is 0 Å². The lowest BCUT2D eigenvalue weighted by Crippen LogP contribution is -2.46. The van der Waals surface area contributed by atoms with Crippen LogP contribution in [0.15, 0.2) is 24.3 Å². The third-order valence-electron chi connectivity index (χ3n) is 3.25. The maximum Gasteiger partial charge on any atom is 0.115 e. The molecule has 16 heavy (non-hydrogen) atoms. The predicted molar refractivity (Wildman–Crippen MR) is 63.4 cm³/mol. The lowest BCUT2D eigenvalue weighted by atomic mass is 9.92. The Kier molecular flexibility index (Phi) is 3.46. The molecule has 0 unspecified atom stereocenters. The lowest BCUT2D eigenvalue weighted by Gasteiger charge is -2.34. The molecular formula is C13H19NO2. The van der Waals surface area contributed by atoms with E-state index < -0.39 is 0 Å². The largest absolute Gasteiger partial charge is 0.508 e. The van der Waals surface area contributed by atoms with E-state index in [-0.39, 0.29) is 5.54 Å². The molecule has 1 aliphatic rings. The second kappa shape index (κ2) is 4.85. The highest BCUT2D eigenvalue weighted by atomic mass is 16.5. The Balaban J connectivity index is 1.88. The Hall–Kier alpha value is -1.06. The summed E-state index contributed by atoms with van der Waals surface area (Å²) in [5.41, 5.74) is 1.39. The van der Waals surface area contributed by atoms with E-state index in [1.165, 1.54) is 5.56 Å². The second-order valence-electron chi connectivity index (χ2n) is 4.69. The maximum atomic E-state index is 9.19. The second-order valence-corrected chi connectivity index (χ2v) is 4.69. The van der Waals surface area contributed by atoms with E-state index in [2.05, 4.69) is 12.2 Å². The number of phenolic OH excluding ortho intramolecular Hbond substituents is 1. The number of hydrogen-bond donors (Lipinski definition) is 2. The van der Waals surface area contributed by atoms with E-state index in [0.29, 0.717) is 5.75 Å². The van der Waals surface area contributed by atoms with Gasteiger partial charge in [-0.25, -0.2) is 0 Å². The Morgan fingerprint density at radius 1 is 1.25 bits per heavy atom. The molecule has 0 aliphatic carbocycles. The summed E-state index contributed by atoms with van der Waals surface area (Å²) in [5.74, 6) is 0.320. The number of phenols is 1. The summed E-state index contributed by atoms with van der Waals surface area (Å²) in [4.78, 5) is 0. The van der Waals surface area contributed by atoms with Crippen LogP contribution < -0.4 is 5.32 Å². The molecule has 0 atom stereocenters. The van der Waals surface area contributed by atoms with Crippen molar-refractivity contribution in [2.24, 2.45) is 0 Å². The zero-order valence-electron chi connectivity index (χ0n) is 9.70. The van der Waals surface area contributed by atoms with Crippen LogP contribution in [0.5, 0.6) is 5.75 Å². The van der Waals surface area contributed by atoms with Crippen molar-refractivity contribution in [1.29, 1.82) is 0 Å². The molecule has 0 radical (unpaired) electrons. The number of benzene rings is 1. The number of nitrogens with one attached hydrogen (secondary N) is 1. The van der Waals surface area contributed by atoms with E-state index in [9.17, 15) is 5.11 Å².